The number of aryl methyl sites for hydroxylation is 2. The molecule has 0 aromatic carbocycles. The fraction of sp³-hybridized carbons (Fsp3) is 0.611. The summed E-state index contributed by atoms with van der Waals surface area (Å²) in [4.78, 5) is 25.9. The lowest BCUT2D eigenvalue weighted by Crippen LogP contribution is -2.45. The van der Waals surface area contributed by atoms with Gasteiger partial charge in [-0.2, -0.15) is 18.3 Å². The van der Waals surface area contributed by atoms with Crippen LogP contribution < -0.4 is 5.32 Å². The van der Waals surface area contributed by atoms with Gasteiger partial charge in [0, 0.05) is 32.4 Å². The summed E-state index contributed by atoms with van der Waals surface area (Å²) in [5, 5.41) is 6.48. The van der Waals surface area contributed by atoms with Crippen molar-refractivity contribution in [3.8, 4) is 0 Å². The van der Waals surface area contributed by atoms with Gasteiger partial charge in [0.2, 0.25) is 5.91 Å². The third-order valence-electron chi connectivity index (χ3n) is 4.86. The molecule has 1 fully saturated rings. The number of nitrogens with one attached hydrogen (secondary N) is 1. The molecule has 1 saturated heterocycles. The second kappa shape index (κ2) is 8.14. The van der Waals surface area contributed by atoms with Crippen LogP contribution in [0.5, 0.6) is 0 Å². The smallest absolute Gasteiger partial charge is 0.347 e. The molecule has 2 rings (SSSR count). The molecule has 0 bridgehead atoms. The predicted molar refractivity (Wildman–Crippen MR) is 94.0 cm³/mol. The third kappa shape index (κ3) is 4.90. The van der Waals surface area contributed by atoms with Crippen LogP contribution in [-0.2, 0) is 11.8 Å². The number of carbonyl (C=O) groups excluding carboxylic acids is 2. The largest absolute Gasteiger partial charge is 0.395 e. The van der Waals surface area contributed by atoms with Crippen LogP contribution >= 0.6 is 0 Å². The van der Waals surface area contributed by atoms with E-state index in [9.17, 15) is 22.8 Å². The molecular weight excluding hydrogens is 361 g/mol. The number of allylic oxidation sites excluding steroid dienone is 1. The number of hydrogen-bond acceptors (Lipinski definition) is 3. The summed E-state index contributed by atoms with van der Waals surface area (Å²) < 4.78 is 41.8. The van der Waals surface area contributed by atoms with E-state index in [4.69, 9.17) is 0 Å². The number of amides is 2. The summed E-state index contributed by atoms with van der Waals surface area (Å²) in [6, 6.07) is -1.19. The molecule has 150 valence electrons. The zero-order valence-electron chi connectivity index (χ0n) is 15.9. The van der Waals surface area contributed by atoms with Crippen molar-refractivity contribution in [3.63, 3.8) is 0 Å². The van der Waals surface area contributed by atoms with E-state index in [1.54, 1.807) is 14.0 Å². The molecule has 0 aliphatic carbocycles. The SMILES string of the molecule is CCC(=CC(=O)N1C[C@@H](C(F)(F)F)[C@H](NC(=O)c2cn(C)nc2C)C1)CC. The van der Waals surface area contributed by atoms with Gasteiger partial charge in [-0.3, -0.25) is 14.3 Å². The Morgan fingerprint density at radius 1 is 1.30 bits per heavy atom. The molecule has 0 spiro atoms. The molecule has 1 N–H and O–H groups in total. The minimum Gasteiger partial charge on any atom is -0.347 e. The molecule has 6 nitrogen and oxygen atoms in total. The first kappa shape index (κ1) is 21.0. The second-order valence-electron chi connectivity index (χ2n) is 6.78. The normalized spacial score (nSPS) is 19.9. The lowest BCUT2D eigenvalue weighted by molar-refractivity contribution is -0.174. The van der Waals surface area contributed by atoms with Crippen LogP contribution in [0.4, 0.5) is 13.2 Å². The van der Waals surface area contributed by atoms with Crippen molar-refractivity contribution in [1.82, 2.24) is 20.0 Å². The molecule has 2 atom stereocenters. The van der Waals surface area contributed by atoms with Gasteiger partial charge < -0.3 is 10.2 Å². The van der Waals surface area contributed by atoms with Gasteiger partial charge in [-0.25, -0.2) is 0 Å². The average Bonchev–Trinajstić information content (AvgIpc) is 3.15. The maximum absolute atomic E-state index is 13.5. The first-order valence-electron chi connectivity index (χ1n) is 8.92. The first-order chi connectivity index (χ1) is 12.6. The van der Waals surface area contributed by atoms with E-state index in [2.05, 4.69) is 10.4 Å². The summed E-state index contributed by atoms with van der Waals surface area (Å²) >= 11 is 0. The topological polar surface area (TPSA) is 67.2 Å². The van der Waals surface area contributed by atoms with Gasteiger partial charge in [0.05, 0.1) is 23.2 Å². The number of alkyl halides is 3. The van der Waals surface area contributed by atoms with Crippen LogP contribution in [0.25, 0.3) is 0 Å². The van der Waals surface area contributed by atoms with Crippen LogP contribution in [0.2, 0.25) is 0 Å². The van der Waals surface area contributed by atoms with Crippen LogP contribution in [0.3, 0.4) is 0 Å². The van der Waals surface area contributed by atoms with E-state index < -0.39 is 36.5 Å². The standard InChI is InChI=1S/C18H25F3N4O2/c1-5-12(6-2)7-16(26)25-9-14(18(19,20)21)15(10-25)22-17(27)13-8-24(4)23-11(13)3/h7-8,14-15H,5-6,9-10H2,1-4H3,(H,22,27)/t14-,15-/m1/s1. The molecule has 27 heavy (non-hydrogen) atoms. The lowest BCUT2D eigenvalue weighted by Gasteiger charge is -2.21. The zero-order chi connectivity index (χ0) is 20.4. The second-order valence-corrected chi connectivity index (χ2v) is 6.78. The van der Waals surface area contributed by atoms with Gasteiger partial charge in [-0.05, 0) is 19.8 Å². The molecular formula is C18H25F3N4O2. The van der Waals surface area contributed by atoms with E-state index in [1.807, 2.05) is 13.8 Å². The van der Waals surface area contributed by atoms with Crippen molar-refractivity contribution >= 4 is 11.8 Å². The Balaban J connectivity index is 2.18. The van der Waals surface area contributed by atoms with Gasteiger partial charge in [0.1, 0.15) is 0 Å². The average molecular weight is 386 g/mol. The van der Waals surface area contributed by atoms with E-state index in [0.29, 0.717) is 18.5 Å². The Morgan fingerprint density at radius 2 is 1.93 bits per heavy atom. The maximum Gasteiger partial charge on any atom is 0.395 e. The van der Waals surface area contributed by atoms with Gasteiger partial charge in [0.25, 0.3) is 5.91 Å². The molecule has 1 aliphatic heterocycles. The molecule has 1 aromatic rings. The number of likely N-dealkylation sites (tertiary alicyclic amines) is 1. The Hall–Kier alpha value is -2.32. The highest BCUT2D eigenvalue weighted by Gasteiger charge is 2.51. The van der Waals surface area contributed by atoms with Crippen molar-refractivity contribution in [3.05, 3.63) is 29.1 Å². The van der Waals surface area contributed by atoms with E-state index in [-0.39, 0.29) is 12.1 Å². The third-order valence-corrected chi connectivity index (χ3v) is 4.86. The summed E-state index contributed by atoms with van der Waals surface area (Å²) in [5.74, 6) is -2.87. The number of carbonyl (C=O) groups is 2. The molecule has 2 amide bonds. The summed E-state index contributed by atoms with van der Waals surface area (Å²) in [7, 11) is 1.63. The minimum absolute atomic E-state index is 0.175. The molecule has 0 radical (unpaired) electrons. The highest BCUT2D eigenvalue weighted by atomic mass is 19.4. The summed E-state index contributed by atoms with van der Waals surface area (Å²) in [6.07, 6.45) is -0.316. The summed E-state index contributed by atoms with van der Waals surface area (Å²) in [6.45, 7) is 4.76. The maximum atomic E-state index is 13.5. The Morgan fingerprint density at radius 3 is 2.41 bits per heavy atom. The number of rotatable bonds is 5. The van der Waals surface area contributed by atoms with Crippen LogP contribution in [0.1, 0.15) is 42.7 Å². The Bertz CT molecular complexity index is 733. The Kier molecular flexibility index (Phi) is 6.33. The molecule has 2 heterocycles. The van der Waals surface area contributed by atoms with Crippen LogP contribution in [-0.4, -0.2) is 51.8 Å². The predicted octanol–water partition coefficient (Wildman–Crippen LogP) is 2.59. The molecule has 9 heteroatoms. The quantitative estimate of drug-likeness (QED) is 0.791. The van der Waals surface area contributed by atoms with Gasteiger partial charge in [0.15, 0.2) is 0 Å². The van der Waals surface area contributed by atoms with Gasteiger partial charge >= 0.3 is 6.18 Å². The first-order valence-corrected chi connectivity index (χ1v) is 8.92. The molecule has 0 saturated carbocycles. The molecule has 1 aromatic heterocycles. The molecule has 0 unspecified atom stereocenters. The minimum atomic E-state index is -4.51. The van der Waals surface area contributed by atoms with E-state index in [1.165, 1.54) is 17.0 Å². The zero-order valence-corrected chi connectivity index (χ0v) is 15.9. The number of hydrogen-bond donors (Lipinski definition) is 1. The highest BCUT2D eigenvalue weighted by molar-refractivity contribution is 5.95. The van der Waals surface area contributed by atoms with E-state index in [0.717, 1.165) is 10.5 Å². The molecule has 1 aliphatic rings. The van der Waals surface area contributed by atoms with Gasteiger partial charge in [-0.15, -0.1) is 0 Å². The fourth-order valence-corrected chi connectivity index (χ4v) is 3.25. The van der Waals surface area contributed by atoms with Crippen molar-refractivity contribution < 1.29 is 22.8 Å². The van der Waals surface area contributed by atoms with Crippen LogP contribution in [0.15, 0.2) is 17.8 Å². The highest BCUT2D eigenvalue weighted by Crippen LogP contribution is 2.34. The van der Waals surface area contributed by atoms with Gasteiger partial charge in [-0.1, -0.05) is 19.4 Å². The van der Waals surface area contributed by atoms with E-state index >= 15 is 0 Å². The van der Waals surface area contributed by atoms with Crippen molar-refractivity contribution in [2.24, 2.45) is 13.0 Å². The number of halogens is 3. The van der Waals surface area contributed by atoms with Crippen molar-refractivity contribution in [2.45, 2.75) is 45.8 Å². The number of nitrogens with zero attached hydrogens (tertiary/aromatic N) is 3. The van der Waals surface area contributed by atoms with Crippen LogP contribution in [0, 0.1) is 12.8 Å². The Labute approximate surface area is 156 Å². The van der Waals surface area contributed by atoms with Crippen molar-refractivity contribution in [2.75, 3.05) is 13.1 Å². The monoisotopic (exact) mass is 386 g/mol. The fourth-order valence-electron chi connectivity index (χ4n) is 3.25. The lowest BCUT2D eigenvalue weighted by atomic mass is 10.0. The van der Waals surface area contributed by atoms with Crippen molar-refractivity contribution in [1.29, 1.82) is 0 Å². The number of aromatic nitrogens is 2. The summed E-state index contributed by atoms with van der Waals surface area (Å²) in [5.41, 5.74) is 1.53.